The minimum Gasteiger partial charge on any atom is -0.334 e. The molecule has 1 aliphatic carbocycles. The van der Waals surface area contributed by atoms with Crippen molar-refractivity contribution < 1.29 is 0 Å². The smallest absolute Gasteiger partial charge is 0.252 e. The lowest BCUT2D eigenvalue weighted by atomic mass is 9.33. The summed E-state index contributed by atoms with van der Waals surface area (Å²) in [7, 11) is 0. The van der Waals surface area contributed by atoms with Gasteiger partial charge in [-0.05, 0) is 180 Å². The zero-order valence-electron chi connectivity index (χ0n) is 54.7. The van der Waals surface area contributed by atoms with Gasteiger partial charge in [0.25, 0.3) is 6.71 Å². The van der Waals surface area contributed by atoms with Crippen LogP contribution < -0.4 is 31.1 Å². The Balaban J connectivity index is 1.27. The van der Waals surface area contributed by atoms with Crippen LogP contribution in [0.4, 0.5) is 45.5 Å². The van der Waals surface area contributed by atoms with Gasteiger partial charge in [-0.15, -0.1) is 0 Å². The predicted molar refractivity (Wildman–Crippen MR) is 366 cm³/mol. The minimum absolute atomic E-state index is 0.00406. The maximum atomic E-state index is 2.87. The molecular weight excluding hydrogens is 1010 g/mol. The second-order valence-corrected chi connectivity index (χ2v) is 32.5. The second kappa shape index (κ2) is 19.4. The SMILES string of the molecule is CC(C)(C)c1ccc(N2c3cc(C(C)(C)C)ccc3B3c4ccc(C(C)(C)C)cc4N(c4ccc(C(C)(C)C)cc4-c4ccccc4)c4cc(N5c6ccc(C(C)(C)C)cc6C6(C)CC(C(C)(C)C)CCC56C)cc2c43)c(-c2ccccc2)c1. The van der Waals surface area contributed by atoms with Crippen molar-refractivity contribution in [1.29, 1.82) is 0 Å². The molecule has 1 saturated carbocycles. The number of nitrogens with zero attached hydrogens (tertiary/aromatic N) is 3. The molecule has 0 saturated heterocycles. The van der Waals surface area contributed by atoms with Crippen molar-refractivity contribution in [3.63, 3.8) is 0 Å². The topological polar surface area (TPSA) is 9.72 Å². The number of hydrogen-bond donors (Lipinski definition) is 0. The van der Waals surface area contributed by atoms with Crippen molar-refractivity contribution >= 4 is 68.6 Å². The van der Waals surface area contributed by atoms with E-state index in [9.17, 15) is 0 Å². The van der Waals surface area contributed by atoms with Crippen LogP contribution in [0.15, 0.2) is 164 Å². The van der Waals surface area contributed by atoms with Crippen LogP contribution in [0.25, 0.3) is 22.3 Å². The Morgan fingerprint density at radius 3 is 1.18 bits per heavy atom. The second-order valence-electron chi connectivity index (χ2n) is 32.5. The van der Waals surface area contributed by atoms with Crippen molar-refractivity contribution in [2.45, 2.75) is 196 Å². The number of hydrogen-bond acceptors (Lipinski definition) is 3. The van der Waals surface area contributed by atoms with E-state index in [0.29, 0.717) is 5.92 Å². The Morgan fingerprint density at radius 2 is 0.774 bits per heavy atom. The normalized spacial score (nSPS) is 19.6. The highest BCUT2D eigenvalue weighted by Crippen LogP contribution is 2.65. The van der Waals surface area contributed by atoms with Gasteiger partial charge in [0, 0.05) is 50.7 Å². The van der Waals surface area contributed by atoms with E-state index in [2.05, 4.69) is 317 Å². The Labute approximate surface area is 507 Å². The third kappa shape index (κ3) is 9.38. The van der Waals surface area contributed by atoms with Gasteiger partial charge < -0.3 is 14.7 Å². The maximum Gasteiger partial charge on any atom is 0.252 e. The molecule has 3 heterocycles. The molecule has 1 fully saturated rings. The summed E-state index contributed by atoms with van der Waals surface area (Å²) in [5.41, 5.74) is 26.6. The van der Waals surface area contributed by atoms with Crippen LogP contribution in [0.1, 0.15) is 191 Å². The van der Waals surface area contributed by atoms with Crippen LogP contribution in [0.2, 0.25) is 0 Å². The van der Waals surface area contributed by atoms with Crippen molar-refractivity contribution in [2.24, 2.45) is 11.3 Å². The summed E-state index contributed by atoms with van der Waals surface area (Å²) in [6.07, 6.45) is 3.40. The first kappa shape index (κ1) is 57.6. The molecule has 3 atom stereocenters. The fourth-order valence-electron chi connectivity index (χ4n) is 15.0. The summed E-state index contributed by atoms with van der Waals surface area (Å²) in [5, 5.41) is 0. The van der Waals surface area contributed by atoms with Crippen molar-refractivity contribution in [3.05, 3.63) is 197 Å². The third-order valence-electron chi connectivity index (χ3n) is 20.7. The lowest BCUT2D eigenvalue weighted by Gasteiger charge is -2.55. The molecule has 12 rings (SSSR count). The first-order chi connectivity index (χ1) is 39.2. The molecule has 8 aromatic rings. The minimum atomic E-state index is -0.241. The average Bonchev–Trinajstić information content (AvgIpc) is 1.69. The summed E-state index contributed by atoms with van der Waals surface area (Å²) < 4.78 is 0. The molecule has 84 heavy (non-hydrogen) atoms. The van der Waals surface area contributed by atoms with E-state index < -0.39 is 0 Å². The van der Waals surface area contributed by atoms with E-state index in [-0.39, 0.29) is 50.2 Å². The number of anilines is 8. The summed E-state index contributed by atoms with van der Waals surface area (Å²) >= 11 is 0. The molecule has 0 amide bonds. The molecule has 4 aliphatic rings. The van der Waals surface area contributed by atoms with Crippen LogP contribution in [0.3, 0.4) is 0 Å². The van der Waals surface area contributed by atoms with E-state index in [4.69, 9.17) is 0 Å². The number of benzene rings is 8. The van der Waals surface area contributed by atoms with Crippen LogP contribution in [0, 0.1) is 11.3 Å². The molecule has 0 spiro atoms. The van der Waals surface area contributed by atoms with Crippen LogP contribution in [-0.4, -0.2) is 12.3 Å². The highest BCUT2D eigenvalue weighted by Gasteiger charge is 2.61. The first-order valence-electron chi connectivity index (χ1n) is 31.6. The molecule has 4 heteroatoms. The number of fused-ring (bicyclic) bond motifs is 7. The summed E-state index contributed by atoms with van der Waals surface area (Å²) in [6.45, 7) is 48.2. The van der Waals surface area contributed by atoms with Gasteiger partial charge in [0.2, 0.25) is 0 Å². The first-order valence-corrected chi connectivity index (χ1v) is 31.6. The molecule has 3 aliphatic heterocycles. The fourth-order valence-corrected chi connectivity index (χ4v) is 15.0. The molecule has 0 radical (unpaired) electrons. The van der Waals surface area contributed by atoms with Gasteiger partial charge in [0.1, 0.15) is 0 Å². The van der Waals surface area contributed by atoms with Crippen molar-refractivity contribution in [1.82, 2.24) is 0 Å². The monoisotopic (exact) mass is 1110 g/mol. The summed E-state index contributed by atoms with van der Waals surface area (Å²) in [5.74, 6) is 0.583. The Kier molecular flexibility index (Phi) is 13.3. The van der Waals surface area contributed by atoms with Gasteiger partial charge in [-0.1, -0.05) is 241 Å². The fraction of sp³-hybridized carbons (Fsp3) is 0.400. The van der Waals surface area contributed by atoms with Crippen LogP contribution >= 0.6 is 0 Å². The quantitative estimate of drug-likeness (QED) is 0.159. The van der Waals surface area contributed by atoms with Gasteiger partial charge in [0.05, 0.1) is 16.9 Å². The maximum absolute atomic E-state index is 2.87. The Bertz CT molecular complexity index is 3690. The molecule has 3 nitrogen and oxygen atoms in total. The highest BCUT2D eigenvalue weighted by molar-refractivity contribution is 7.00. The van der Waals surface area contributed by atoms with E-state index in [1.165, 1.54) is 124 Å². The van der Waals surface area contributed by atoms with E-state index in [0.717, 1.165) is 12.8 Å². The Hall–Kier alpha value is -6.78. The molecule has 432 valence electrons. The van der Waals surface area contributed by atoms with Gasteiger partial charge in [-0.2, -0.15) is 0 Å². The van der Waals surface area contributed by atoms with Gasteiger partial charge in [-0.3, -0.25) is 0 Å². The molecule has 0 bridgehead atoms. The van der Waals surface area contributed by atoms with Gasteiger partial charge >= 0.3 is 0 Å². The summed E-state index contributed by atoms with van der Waals surface area (Å²) in [6, 6.07) is 65.1. The molecule has 0 N–H and O–H groups in total. The molecule has 3 unspecified atom stereocenters. The predicted octanol–water partition coefficient (Wildman–Crippen LogP) is 20.6. The largest absolute Gasteiger partial charge is 0.334 e. The third-order valence-corrected chi connectivity index (χ3v) is 20.7. The van der Waals surface area contributed by atoms with E-state index in [1.807, 2.05) is 0 Å². The Morgan fingerprint density at radius 1 is 0.393 bits per heavy atom. The van der Waals surface area contributed by atoms with E-state index >= 15 is 0 Å². The van der Waals surface area contributed by atoms with Crippen molar-refractivity contribution in [3.8, 4) is 22.3 Å². The zero-order valence-corrected chi connectivity index (χ0v) is 54.7. The average molecular weight is 1110 g/mol. The van der Waals surface area contributed by atoms with Crippen molar-refractivity contribution in [2.75, 3.05) is 14.7 Å². The molecular formula is C80H94BN3. The van der Waals surface area contributed by atoms with Crippen LogP contribution in [-0.2, 0) is 32.5 Å². The van der Waals surface area contributed by atoms with Crippen LogP contribution in [0.5, 0.6) is 0 Å². The van der Waals surface area contributed by atoms with Gasteiger partial charge in [-0.25, -0.2) is 0 Å². The molecule has 0 aromatic heterocycles. The lowest BCUT2D eigenvalue weighted by molar-refractivity contribution is 0.0786. The van der Waals surface area contributed by atoms with E-state index in [1.54, 1.807) is 0 Å². The molecule has 8 aromatic carbocycles. The summed E-state index contributed by atoms with van der Waals surface area (Å²) in [4.78, 5) is 8.33. The zero-order chi connectivity index (χ0) is 60.2. The highest BCUT2D eigenvalue weighted by atomic mass is 15.3. The lowest BCUT2D eigenvalue weighted by Crippen LogP contribution is -2.62. The standard InChI is InChI=1S/C80H94BN3/c1-73(2,3)53-33-38-65(60(43-53)51-27-23-21-24-28-51)82-68-46-56(76(10,11)12)31-36-63(68)81-64-37-32-57(77(13,14)15)47-69(64)83(66-39-34-54(74(4,5)6)44-61(66)52-29-25-22-26-30-52)71-49-59(48-70(82)72(71)81)84-67-40-35-55(75(7,8)9)45-62(67)79(19)50-58(78(16,17)18)41-42-80(79,84)20/h21-40,43-49,58H,41-42,50H2,1-20H3. The van der Waals surface area contributed by atoms with Gasteiger partial charge in [0.15, 0.2) is 0 Å². The number of rotatable bonds is 5.